The zero-order valence-electron chi connectivity index (χ0n) is 20.0. The highest BCUT2D eigenvalue weighted by atomic mass is 32.2. The highest BCUT2D eigenvalue weighted by Crippen LogP contribution is 2.34. The minimum absolute atomic E-state index is 0.0182. The van der Waals surface area contributed by atoms with Crippen LogP contribution < -0.4 is 14.8 Å². The first-order valence-electron chi connectivity index (χ1n) is 11.7. The SMILES string of the molecule is Cc1ccc(C(CNC(=O)C2CCN(S(=O)(=O)c3ccc4c(c3)OCCO4)CC2)N(C)C)cc1. The lowest BCUT2D eigenvalue weighted by Crippen LogP contribution is -2.44. The summed E-state index contributed by atoms with van der Waals surface area (Å²) >= 11 is 0. The lowest BCUT2D eigenvalue weighted by atomic mass is 9.97. The summed E-state index contributed by atoms with van der Waals surface area (Å²) < 4.78 is 38.8. The van der Waals surface area contributed by atoms with Gasteiger partial charge in [-0.15, -0.1) is 0 Å². The molecule has 1 amide bonds. The predicted molar refractivity (Wildman–Crippen MR) is 130 cm³/mol. The number of rotatable bonds is 7. The van der Waals surface area contributed by atoms with Crippen LogP contribution in [0.15, 0.2) is 47.4 Å². The van der Waals surface area contributed by atoms with E-state index in [0.29, 0.717) is 57.2 Å². The van der Waals surface area contributed by atoms with Gasteiger partial charge in [0.2, 0.25) is 15.9 Å². The molecule has 1 fully saturated rings. The first kappa shape index (κ1) is 24.5. The number of piperidine rings is 1. The maximum absolute atomic E-state index is 13.1. The molecular formula is C25H33N3O5S. The van der Waals surface area contributed by atoms with Gasteiger partial charge in [0.1, 0.15) is 13.2 Å². The van der Waals surface area contributed by atoms with E-state index in [1.165, 1.54) is 15.9 Å². The van der Waals surface area contributed by atoms with Crippen LogP contribution in [0, 0.1) is 12.8 Å². The first-order valence-corrected chi connectivity index (χ1v) is 13.1. The smallest absolute Gasteiger partial charge is 0.243 e. The number of hydrogen-bond acceptors (Lipinski definition) is 6. The predicted octanol–water partition coefficient (Wildman–Crippen LogP) is 2.59. The molecule has 2 heterocycles. The van der Waals surface area contributed by atoms with Crippen molar-refractivity contribution in [2.24, 2.45) is 5.92 Å². The van der Waals surface area contributed by atoms with Crippen LogP contribution in [-0.4, -0.2) is 70.5 Å². The number of ether oxygens (including phenoxy) is 2. The average Bonchev–Trinajstić information content (AvgIpc) is 2.84. The van der Waals surface area contributed by atoms with Crippen LogP contribution in [-0.2, 0) is 14.8 Å². The molecule has 0 aliphatic carbocycles. The molecule has 2 aromatic rings. The minimum atomic E-state index is -3.66. The number of likely N-dealkylation sites (N-methyl/N-ethyl adjacent to an activating group) is 1. The van der Waals surface area contributed by atoms with E-state index in [1.54, 1.807) is 12.1 Å². The van der Waals surface area contributed by atoms with Crippen molar-refractivity contribution in [1.82, 2.24) is 14.5 Å². The van der Waals surface area contributed by atoms with Crippen molar-refractivity contribution in [2.75, 3.05) is 46.9 Å². The van der Waals surface area contributed by atoms with E-state index in [2.05, 4.69) is 41.4 Å². The number of fused-ring (bicyclic) bond motifs is 1. The highest BCUT2D eigenvalue weighted by Gasteiger charge is 2.33. The van der Waals surface area contributed by atoms with Crippen LogP contribution in [0.25, 0.3) is 0 Å². The zero-order valence-corrected chi connectivity index (χ0v) is 20.8. The lowest BCUT2D eigenvalue weighted by Gasteiger charge is -2.31. The number of aryl methyl sites for hydroxylation is 1. The Labute approximate surface area is 201 Å². The maximum atomic E-state index is 13.1. The second-order valence-corrected chi connectivity index (χ2v) is 11.1. The number of carbonyl (C=O) groups is 1. The highest BCUT2D eigenvalue weighted by molar-refractivity contribution is 7.89. The Morgan fingerprint density at radius 3 is 2.35 bits per heavy atom. The van der Waals surface area contributed by atoms with Crippen LogP contribution in [0.4, 0.5) is 0 Å². The third-order valence-electron chi connectivity index (χ3n) is 6.53. The Kier molecular flexibility index (Phi) is 7.45. The Bertz CT molecular complexity index is 1110. The van der Waals surface area contributed by atoms with Crippen molar-refractivity contribution >= 4 is 15.9 Å². The molecule has 8 nitrogen and oxygen atoms in total. The fourth-order valence-electron chi connectivity index (χ4n) is 4.42. The molecule has 9 heteroatoms. The Morgan fingerprint density at radius 2 is 1.71 bits per heavy atom. The van der Waals surface area contributed by atoms with Crippen LogP contribution in [0.5, 0.6) is 11.5 Å². The van der Waals surface area contributed by atoms with Crippen molar-refractivity contribution < 1.29 is 22.7 Å². The number of hydrogen-bond donors (Lipinski definition) is 1. The molecule has 184 valence electrons. The van der Waals surface area contributed by atoms with Crippen LogP contribution in [0.3, 0.4) is 0 Å². The van der Waals surface area contributed by atoms with Gasteiger partial charge < -0.3 is 19.7 Å². The van der Waals surface area contributed by atoms with Gasteiger partial charge in [0.05, 0.1) is 10.9 Å². The van der Waals surface area contributed by atoms with E-state index in [0.717, 1.165) is 5.56 Å². The largest absolute Gasteiger partial charge is 0.486 e. The quantitative estimate of drug-likeness (QED) is 0.646. The summed E-state index contributed by atoms with van der Waals surface area (Å²) in [5.41, 5.74) is 2.35. The summed E-state index contributed by atoms with van der Waals surface area (Å²) in [5, 5.41) is 3.09. The molecule has 4 rings (SSSR count). The van der Waals surface area contributed by atoms with Crippen LogP contribution >= 0.6 is 0 Å². The summed E-state index contributed by atoms with van der Waals surface area (Å²) in [6.07, 6.45) is 0.986. The third kappa shape index (κ3) is 5.37. The van der Waals surface area contributed by atoms with E-state index >= 15 is 0 Å². The topological polar surface area (TPSA) is 88.2 Å². The van der Waals surface area contributed by atoms with Crippen molar-refractivity contribution in [3.8, 4) is 11.5 Å². The normalized spacial score (nSPS) is 18.0. The van der Waals surface area contributed by atoms with Gasteiger partial charge in [0, 0.05) is 31.6 Å². The summed E-state index contributed by atoms with van der Waals surface area (Å²) in [6.45, 7) is 4.03. The maximum Gasteiger partial charge on any atom is 0.243 e. The van der Waals surface area contributed by atoms with E-state index < -0.39 is 10.0 Å². The van der Waals surface area contributed by atoms with Gasteiger partial charge in [0.15, 0.2) is 11.5 Å². The van der Waals surface area contributed by atoms with Crippen molar-refractivity contribution in [3.63, 3.8) is 0 Å². The number of benzene rings is 2. The van der Waals surface area contributed by atoms with Gasteiger partial charge >= 0.3 is 0 Å². The number of carbonyl (C=O) groups excluding carboxylic acids is 1. The monoisotopic (exact) mass is 487 g/mol. The van der Waals surface area contributed by atoms with E-state index in [9.17, 15) is 13.2 Å². The number of nitrogens with one attached hydrogen (secondary N) is 1. The van der Waals surface area contributed by atoms with Gasteiger partial charge in [0.25, 0.3) is 0 Å². The average molecular weight is 488 g/mol. The standard InChI is InChI=1S/C25H33N3O5S/c1-18-4-6-19(7-5-18)22(27(2)3)17-26-25(29)20-10-12-28(13-11-20)34(30,31)21-8-9-23-24(16-21)33-15-14-32-23/h4-9,16,20,22H,10-15,17H2,1-3H3,(H,26,29). The summed E-state index contributed by atoms with van der Waals surface area (Å²) in [4.78, 5) is 15.1. The molecule has 2 aliphatic rings. The van der Waals surface area contributed by atoms with E-state index in [-0.39, 0.29) is 22.8 Å². The van der Waals surface area contributed by atoms with Crippen molar-refractivity contribution in [1.29, 1.82) is 0 Å². The van der Waals surface area contributed by atoms with Gasteiger partial charge in [-0.2, -0.15) is 4.31 Å². The number of nitrogens with zero attached hydrogens (tertiary/aromatic N) is 2. The molecule has 34 heavy (non-hydrogen) atoms. The molecule has 1 unspecified atom stereocenters. The molecule has 1 saturated heterocycles. The molecule has 1 N–H and O–H groups in total. The number of sulfonamides is 1. The Balaban J connectivity index is 1.34. The Morgan fingerprint density at radius 1 is 1.06 bits per heavy atom. The molecule has 0 radical (unpaired) electrons. The Hall–Kier alpha value is -2.62. The van der Waals surface area contributed by atoms with Gasteiger partial charge in [-0.05, 0) is 51.6 Å². The van der Waals surface area contributed by atoms with E-state index in [1.807, 2.05) is 14.1 Å². The fourth-order valence-corrected chi connectivity index (χ4v) is 5.91. The minimum Gasteiger partial charge on any atom is -0.486 e. The molecule has 0 spiro atoms. The van der Waals surface area contributed by atoms with Crippen LogP contribution in [0.1, 0.15) is 30.0 Å². The summed E-state index contributed by atoms with van der Waals surface area (Å²) in [5.74, 6) is 0.788. The molecule has 0 saturated carbocycles. The number of amides is 1. The second-order valence-electron chi connectivity index (χ2n) is 9.12. The molecule has 0 bridgehead atoms. The summed E-state index contributed by atoms with van der Waals surface area (Å²) in [6, 6.07) is 13.1. The van der Waals surface area contributed by atoms with Crippen molar-refractivity contribution in [2.45, 2.75) is 30.7 Å². The molecule has 2 aromatic carbocycles. The third-order valence-corrected chi connectivity index (χ3v) is 8.43. The fraction of sp³-hybridized carbons (Fsp3) is 0.480. The lowest BCUT2D eigenvalue weighted by molar-refractivity contribution is -0.126. The zero-order chi connectivity index (χ0) is 24.3. The van der Waals surface area contributed by atoms with Crippen LogP contribution in [0.2, 0.25) is 0 Å². The molecular weight excluding hydrogens is 454 g/mol. The van der Waals surface area contributed by atoms with Crippen molar-refractivity contribution in [3.05, 3.63) is 53.6 Å². The second kappa shape index (κ2) is 10.3. The first-order chi connectivity index (χ1) is 16.3. The molecule has 1 atom stereocenters. The van der Waals surface area contributed by atoms with Gasteiger partial charge in [-0.1, -0.05) is 29.8 Å². The molecule has 0 aromatic heterocycles. The van der Waals surface area contributed by atoms with Gasteiger partial charge in [-0.3, -0.25) is 4.79 Å². The van der Waals surface area contributed by atoms with Gasteiger partial charge in [-0.25, -0.2) is 8.42 Å². The molecule has 2 aliphatic heterocycles. The summed E-state index contributed by atoms with van der Waals surface area (Å²) in [7, 11) is 0.334. The van der Waals surface area contributed by atoms with E-state index in [4.69, 9.17) is 9.47 Å².